The maximum absolute atomic E-state index is 13.1. The number of nitrogens with one attached hydrogen (secondary N) is 1. The van der Waals surface area contributed by atoms with Gasteiger partial charge in [0, 0.05) is 10.9 Å². The standard InChI is InChI=1S/C24H21BrN4O4S/c1-3-33-22-18(25)9-15(10-19(22)32-2)11-27-28-20(30)12-29-14-26-23-21(24(29)31)17(13-34-23)16-7-5-4-6-8-16/h4-11,13-14H,3,12H2,1-2H3,(H,28,30). The van der Waals surface area contributed by atoms with Crippen LogP contribution in [-0.4, -0.2) is 35.4 Å². The summed E-state index contributed by atoms with van der Waals surface area (Å²) in [5, 5.41) is 6.41. The van der Waals surface area contributed by atoms with E-state index in [1.807, 2.05) is 42.6 Å². The maximum Gasteiger partial charge on any atom is 0.263 e. The number of amides is 1. The highest BCUT2D eigenvalue weighted by molar-refractivity contribution is 9.10. The Labute approximate surface area is 208 Å². The van der Waals surface area contributed by atoms with Gasteiger partial charge in [0.15, 0.2) is 11.5 Å². The van der Waals surface area contributed by atoms with Gasteiger partial charge in [0.1, 0.15) is 11.4 Å². The van der Waals surface area contributed by atoms with Crippen molar-refractivity contribution in [1.82, 2.24) is 15.0 Å². The molecule has 0 bridgehead atoms. The molecule has 0 aliphatic carbocycles. The second-order valence-electron chi connectivity index (χ2n) is 7.13. The number of aromatic nitrogens is 2. The zero-order chi connectivity index (χ0) is 24.1. The fourth-order valence-electron chi connectivity index (χ4n) is 3.38. The van der Waals surface area contributed by atoms with Crippen molar-refractivity contribution in [1.29, 1.82) is 0 Å². The van der Waals surface area contributed by atoms with E-state index in [4.69, 9.17) is 9.47 Å². The van der Waals surface area contributed by atoms with Crippen LogP contribution in [0.1, 0.15) is 12.5 Å². The minimum atomic E-state index is -0.451. The van der Waals surface area contributed by atoms with Crippen molar-refractivity contribution in [2.45, 2.75) is 13.5 Å². The highest BCUT2D eigenvalue weighted by Crippen LogP contribution is 2.36. The Morgan fingerprint density at radius 1 is 1.29 bits per heavy atom. The van der Waals surface area contributed by atoms with Crippen molar-refractivity contribution in [2.75, 3.05) is 13.7 Å². The van der Waals surface area contributed by atoms with Crippen molar-refractivity contribution in [3.8, 4) is 22.6 Å². The summed E-state index contributed by atoms with van der Waals surface area (Å²) >= 11 is 4.85. The fourth-order valence-corrected chi connectivity index (χ4v) is 4.86. The van der Waals surface area contributed by atoms with E-state index in [2.05, 4.69) is 31.4 Å². The summed E-state index contributed by atoms with van der Waals surface area (Å²) in [5.74, 6) is 0.685. The summed E-state index contributed by atoms with van der Waals surface area (Å²) in [5.41, 5.74) is 4.60. The van der Waals surface area contributed by atoms with E-state index in [1.54, 1.807) is 19.2 Å². The first-order chi connectivity index (χ1) is 16.5. The zero-order valence-electron chi connectivity index (χ0n) is 18.4. The molecule has 0 aliphatic heterocycles. The van der Waals surface area contributed by atoms with E-state index >= 15 is 0 Å². The molecule has 0 radical (unpaired) electrons. The Kier molecular flexibility index (Phi) is 7.39. The number of methoxy groups -OCH3 is 1. The molecular weight excluding hydrogens is 520 g/mol. The van der Waals surface area contributed by atoms with Gasteiger partial charge in [-0.15, -0.1) is 11.3 Å². The topological polar surface area (TPSA) is 94.8 Å². The Balaban J connectivity index is 1.50. The van der Waals surface area contributed by atoms with Gasteiger partial charge in [-0.25, -0.2) is 10.4 Å². The summed E-state index contributed by atoms with van der Waals surface area (Å²) < 4.78 is 12.9. The first-order valence-corrected chi connectivity index (χ1v) is 12.0. The first kappa shape index (κ1) is 23.7. The van der Waals surface area contributed by atoms with Crippen LogP contribution in [0.4, 0.5) is 0 Å². The third-order valence-electron chi connectivity index (χ3n) is 4.90. The summed E-state index contributed by atoms with van der Waals surface area (Å²) in [6.45, 7) is 2.17. The number of thiophene rings is 1. The number of carbonyl (C=O) groups excluding carboxylic acids is 1. The van der Waals surface area contributed by atoms with E-state index in [-0.39, 0.29) is 12.1 Å². The number of hydrazone groups is 1. The smallest absolute Gasteiger partial charge is 0.263 e. The largest absolute Gasteiger partial charge is 0.493 e. The minimum Gasteiger partial charge on any atom is -0.493 e. The van der Waals surface area contributed by atoms with Crippen LogP contribution in [0.3, 0.4) is 0 Å². The van der Waals surface area contributed by atoms with Gasteiger partial charge in [-0.1, -0.05) is 30.3 Å². The average molecular weight is 541 g/mol. The molecule has 10 heteroatoms. The average Bonchev–Trinajstić information content (AvgIpc) is 3.28. The van der Waals surface area contributed by atoms with Crippen molar-refractivity contribution in [3.63, 3.8) is 0 Å². The van der Waals surface area contributed by atoms with Gasteiger partial charge in [-0.3, -0.25) is 14.2 Å². The number of hydrogen-bond donors (Lipinski definition) is 1. The lowest BCUT2D eigenvalue weighted by Crippen LogP contribution is -2.30. The van der Waals surface area contributed by atoms with Gasteiger partial charge in [0.05, 0.1) is 36.1 Å². The predicted octanol–water partition coefficient (Wildman–Crippen LogP) is 4.45. The van der Waals surface area contributed by atoms with Crippen molar-refractivity contribution >= 4 is 49.6 Å². The molecule has 0 unspecified atom stereocenters. The molecule has 4 aromatic rings. The first-order valence-electron chi connectivity index (χ1n) is 10.4. The molecule has 2 aromatic heterocycles. The highest BCUT2D eigenvalue weighted by atomic mass is 79.9. The molecule has 34 heavy (non-hydrogen) atoms. The van der Waals surface area contributed by atoms with E-state index in [9.17, 15) is 9.59 Å². The number of halogens is 1. The van der Waals surface area contributed by atoms with Gasteiger partial charge in [-0.2, -0.15) is 5.10 Å². The van der Waals surface area contributed by atoms with Crippen molar-refractivity contribution in [3.05, 3.63) is 74.6 Å². The van der Waals surface area contributed by atoms with Crippen LogP contribution in [-0.2, 0) is 11.3 Å². The Bertz CT molecular complexity index is 1420. The molecule has 0 aliphatic rings. The molecule has 0 saturated heterocycles. The van der Waals surface area contributed by atoms with Crippen molar-refractivity contribution in [2.24, 2.45) is 5.10 Å². The lowest BCUT2D eigenvalue weighted by Gasteiger charge is -2.12. The predicted molar refractivity (Wildman–Crippen MR) is 137 cm³/mol. The lowest BCUT2D eigenvalue weighted by atomic mass is 10.1. The van der Waals surface area contributed by atoms with Gasteiger partial charge >= 0.3 is 0 Å². The van der Waals surface area contributed by atoms with Crippen LogP contribution in [0.5, 0.6) is 11.5 Å². The Morgan fingerprint density at radius 3 is 2.82 bits per heavy atom. The van der Waals surface area contributed by atoms with E-state index < -0.39 is 5.91 Å². The molecule has 1 amide bonds. The van der Waals surface area contributed by atoms with Gasteiger partial charge in [-0.05, 0) is 46.1 Å². The minimum absolute atomic E-state index is 0.209. The summed E-state index contributed by atoms with van der Waals surface area (Å²) in [4.78, 5) is 30.5. The van der Waals surface area contributed by atoms with E-state index in [0.29, 0.717) is 38.4 Å². The second-order valence-corrected chi connectivity index (χ2v) is 8.85. The number of rotatable bonds is 8. The van der Waals surface area contributed by atoms with E-state index in [0.717, 1.165) is 11.1 Å². The molecule has 0 saturated carbocycles. The van der Waals surface area contributed by atoms with Crippen LogP contribution >= 0.6 is 27.3 Å². The number of ether oxygens (including phenoxy) is 2. The normalized spacial score (nSPS) is 11.1. The molecule has 4 rings (SSSR count). The number of benzene rings is 2. The maximum atomic E-state index is 13.1. The monoisotopic (exact) mass is 540 g/mol. The summed E-state index contributed by atoms with van der Waals surface area (Å²) in [6, 6.07) is 13.2. The molecule has 0 fully saturated rings. The van der Waals surface area contributed by atoms with Crippen LogP contribution in [0.25, 0.3) is 21.3 Å². The molecule has 174 valence electrons. The SMILES string of the molecule is CCOc1c(Br)cc(C=NNC(=O)Cn2cnc3scc(-c4ccccc4)c3c2=O)cc1OC. The lowest BCUT2D eigenvalue weighted by molar-refractivity contribution is -0.121. The molecule has 0 atom stereocenters. The zero-order valence-corrected chi connectivity index (χ0v) is 20.9. The van der Waals surface area contributed by atoms with Crippen LogP contribution in [0.2, 0.25) is 0 Å². The van der Waals surface area contributed by atoms with Crippen LogP contribution in [0.15, 0.2) is 68.5 Å². The number of hydrogen-bond acceptors (Lipinski definition) is 7. The Morgan fingerprint density at radius 2 is 2.09 bits per heavy atom. The molecule has 0 spiro atoms. The number of fused-ring (bicyclic) bond motifs is 1. The van der Waals surface area contributed by atoms with Crippen LogP contribution in [0, 0.1) is 0 Å². The summed E-state index contributed by atoms with van der Waals surface area (Å²) in [7, 11) is 1.55. The Hall–Kier alpha value is -3.50. The number of nitrogens with zero attached hydrogens (tertiary/aromatic N) is 3. The van der Waals surface area contributed by atoms with Crippen LogP contribution < -0.4 is 20.5 Å². The summed E-state index contributed by atoms with van der Waals surface area (Å²) in [6.07, 6.45) is 2.87. The fraction of sp³-hybridized carbons (Fsp3) is 0.167. The van der Waals surface area contributed by atoms with Gasteiger partial charge in [0.25, 0.3) is 11.5 Å². The van der Waals surface area contributed by atoms with Crippen molar-refractivity contribution < 1.29 is 14.3 Å². The molecule has 1 N–H and O–H groups in total. The highest BCUT2D eigenvalue weighted by Gasteiger charge is 2.15. The quantitative estimate of drug-likeness (QED) is 0.263. The molecule has 2 aromatic carbocycles. The third kappa shape index (κ3) is 5.02. The van der Waals surface area contributed by atoms with Gasteiger partial charge in [0.2, 0.25) is 0 Å². The molecular formula is C24H21BrN4O4S. The van der Waals surface area contributed by atoms with E-state index in [1.165, 1.54) is 28.4 Å². The second kappa shape index (κ2) is 10.6. The molecule has 2 heterocycles. The third-order valence-corrected chi connectivity index (χ3v) is 6.38. The molecule has 8 nitrogen and oxygen atoms in total. The number of carbonyl (C=O) groups is 1. The van der Waals surface area contributed by atoms with Gasteiger partial charge < -0.3 is 9.47 Å².